The number of alkyl carbamates (subject to hydrolysis) is 1. The summed E-state index contributed by atoms with van der Waals surface area (Å²) in [6.45, 7) is 10.4. The molecule has 0 aromatic heterocycles. The summed E-state index contributed by atoms with van der Waals surface area (Å²) in [6, 6.07) is 16.5. The molecular formula is C27H38N2O6Si. The van der Waals surface area contributed by atoms with Crippen molar-refractivity contribution in [2.45, 2.75) is 64.0 Å². The Morgan fingerprint density at radius 2 is 1.42 bits per heavy atom. The minimum Gasteiger partial charge on any atom is -0.467 e. The van der Waals surface area contributed by atoms with Gasteiger partial charge in [-0.15, -0.1) is 0 Å². The van der Waals surface area contributed by atoms with Crippen molar-refractivity contribution in [1.82, 2.24) is 10.6 Å². The maximum absolute atomic E-state index is 13.3. The number of ether oxygens (including phenoxy) is 2. The normalized spacial score (nSPS) is 13.3. The van der Waals surface area contributed by atoms with E-state index in [0.29, 0.717) is 0 Å². The van der Waals surface area contributed by atoms with Gasteiger partial charge in [0, 0.05) is 6.42 Å². The van der Waals surface area contributed by atoms with Crippen molar-refractivity contribution in [3.05, 3.63) is 71.8 Å². The van der Waals surface area contributed by atoms with Crippen LogP contribution in [0.5, 0.6) is 0 Å². The largest absolute Gasteiger partial charge is 0.467 e. The zero-order valence-electron chi connectivity index (χ0n) is 22.0. The van der Waals surface area contributed by atoms with Gasteiger partial charge in [-0.05, 0) is 29.3 Å². The first-order valence-electron chi connectivity index (χ1n) is 12.0. The highest BCUT2D eigenvalue weighted by molar-refractivity contribution is 6.74. The molecule has 196 valence electrons. The first-order valence-corrected chi connectivity index (χ1v) is 14.9. The average Bonchev–Trinajstić information content (AvgIpc) is 2.84. The molecule has 0 aliphatic carbocycles. The molecule has 0 fully saturated rings. The lowest BCUT2D eigenvalue weighted by Gasteiger charge is -2.37. The van der Waals surface area contributed by atoms with E-state index < -0.39 is 38.4 Å². The minimum atomic E-state index is -2.18. The van der Waals surface area contributed by atoms with E-state index in [9.17, 15) is 14.4 Å². The highest BCUT2D eigenvalue weighted by Crippen LogP contribution is 2.36. The lowest BCUT2D eigenvalue weighted by molar-refractivity contribution is -0.146. The van der Waals surface area contributed by atoms with E-state index in [-0.39, 0.29) is 24.7 Å². The second-order valence-corrected chi connectivity index (χ2v) is 14.9. The zero-order valence-corrected chi connectivity index (χ0v) is 23.0. The Morgan fingerprint density at radius 3 is 1.94 bits per heavy atom. The van der Waals surface area contributed by atoms with E-state index in [0.717, 1.165) is 11.1 Å². The number of carbonyl (C=O) groups is 3. The number of benzene rings is 2. The third kappa shape index (κ3) is 9.12. The first kappa shape index (κ1) is 29.1. The predicted octanol–water partition coefficient (Wildman–Crippen LogP) is 4.20. The van der Waals surface area contributed by atoms with E-state index >= 15 is 0 Å². The first-order chi connectivity index (χ1) is 16.9. The molecule has 0 bridgehead atoms. The van der Waals surface area contributed by atoms with Gasteiger partial charge in [0.15, 0.2) is 8.32 Å². The molecule has 36 heavy (non-hydrogen) atoms. The lowest BCUT2D eigenvalue weighted by atomic mass is 10.1. The highest BCUT2D eigenvalue weighted by Gasteiger charge is 2.39. The fourth-order valence-corrected chi connectivity index (χ4v) is 4.07. The fourth-order valence-electron chi connectivity index (χ4n) is 3.06. The Kier molecular flexibility index (Phi) is 10.7. The summed E-state index contributed by atoms with van der Waals surface area (Å²) in [5.74, 6) is -1.16. The number of hydrogen-bond acceptors (Lipinski definition) is 6. The SMILES string of the molecule is COC(=O)[C@H](CO[Si](C)(C)C(C)(C)C)NC(=O)[C@@H](Cc1ccccc1)NC(=O)OCc1ccccc1. The third-order valence-corrected chi connectivity index (χ3v) is 10.8. The van der Waals surface area contributed by atoms with Crippen LogP contribution in [0.4, 0.5) is 4.79 Å². The molecule has 0 unspecified atom stereocenters. The summed E-state index contributed by atoms with van der Waals surface area (Å²) in [6.07, 6.45) is -0.522. The van der Waals surface area contributed by atoms with Gasteiger partial charge in [0.25, 0.3) is 0 Å². The van der Waals surface area contributed by atoms with Gasteiger partial charge in [-0.1, -0.05) is 81.4 Å². The third-order valence-electron chi connectivity index (χ3n) is 6.32. The Bertz CT molecular complexity index is 992. The smallest absolute Gasteiger partial charge is 0.408 e. The van der Waals surface area contributed by atoms with Crippen LogP contribution in [0.15, 0.2) is 60.7 Å². The van der Waals surface area contributed by atoms with Gasteiger partial charge in [0.1, 0.15) is 18.7 Å². The summed E-state index contributed by atoms with van der Waals surface area (Å²) in [5, 5.41) is 5.27. The Morgan fingerprint density at radius 1 is 0.861 bits per heavy atom. The van der Waals surface area contributed by atoms with Gasteiger partial charge in [0.05, 0.1) is 13.7 Å². The molecule has 0 spiro atoms. The molecule has 2 atom stereocenters. The summed E-state index contributed by atoms with van der Waals surface area (Å²) in [4.78, 5) is 38.3. The molecule has 0 saturated carbocycles. The molecule has 0 aliphatic rings. The van der Waals surface area contributed by atoms with Gasteiger partial charge >= 0.3 is 12.1 Å². The number of hydrogen-bond donors (Lipinski definition) is 2. The van der Waals surface area contributed by atoms with E-state index in [4.69, 9.17) is 13.9 Å². The summed E-state index contributed by atoms with van der Waals surface area (Å²) < 4.78 is 16.4. The van der Waals surface area contributed by atoms with Crippen molar-refractivity contribution >= 4 is 26.3 Å². The molecule has 2 amide bonds. The van der Waals surface area contributed by atoms with Crippen molar-refractivity contribution < 1.29 is 28.3 Å². The van der Waals surface area contributed by atoms with E-state index in [1.165, 1.54) is 7.11 Å². The average molecular weight is 515 g/mol. The highest BCUT2D eigenvalue weighted by atomic mass is 28.4. The maximum Gasteiger partial charge on any atom is 0.408 e. The van der Waals surface area contributed by atoms with Crippen molar-refractivity contribution in [3.8, 4) is 0 Å². The minimum absolute atomic E-state index is 0.0224. The monoisotopic (exact) mass is 514 g/mol. The van der Waals surface area contributed by atoms with Crippen LogP contribution < -0.4 is 10.6 Å². The van der Waals surface area contributed by atoms with Gasteiger partial charge in [0.2, 0.25) is 5.91 Å². The van der Waals surface area contributed by atoms with Crippen molar-refractivity contribution in [1.29, 1.82) is 0 Å². The predicted molar refractivity (Wildman–Crippen MR) is 141 cm³/mol. The zero-order chi connectivity index (χ0) is 26.8. The van der Waals surface area contributed by atoms with Crippen LogP contribution in [0.1, 0.15) is 31.9 Å². The number of esters is 1. The molecule has 2 N–H and O–H groups in total. The second-order valence-electron chi connectivity index (χ2n) is 10.1. The molecule has 2 aromatic rings. The molecule has 2 rings (SSSR count). The van der Waals surface area contributed by atoms with Gasteiger partial charge < -0.3 is 24.5 Å². The number of nitrogens with one attached hydrogen (secondary N) is 2. The van der Waals surface area contributed by atoms with Crippen LogP contribution in [0, 0.1) is 0 Å². The van der Waals surface area contributed by atoms with Gasteiger partial charge in [-0.2, -0.15) is 0 Å². The van der Waals surface area contributed by atoms with Crippen molar-refractivity contribution in [2.75, 3.05) is 13.7 Å². The standard InChI is InChI=1S/C27H38N2O6Si/c1-27(2,3)36(5,6)35-19-23(25(31)33-4)28-24(30)22(17-20-13-9-7-10-14-20)29-26(32)34-18-21-15-11-8-12-16-21/h7-16,22-23H,17-19H2,1-6H3,(H,28,30)(H,29,32)/t22-,23+/m1/s1. The van der Waals surface area contributed by atoms with Crippen LogP contribution in [-0.2, 0) is 36.5 Å². The fraction of sp³-hybridized carbons (Fsp3) is 0.444. The summed E-state index contributed by atoms with van der Waals surface area (Å²) in [7, 11) is -0.925. The van der Waals surface area contributed by atoms with E-state index in [1.54, 1.807) is 0 Å². The summed E-state index contributed by atoms with van der Waals surface area (Å²) >= 11 is 0. The van der Waals surface area contributed by atoms with Crippen LogP contribution in [-0.4, -0.2) is 52.1 Å². The molecule has 0 saturated heterocycles. The van der Waals surface area contributed by atoms with Crippen LogP contribution in [0.25, 0.3) is 0 Å². The topological polar surface area (TPSA) is 103 Å². The molecule has 0 radical (unpaired) electrons. The van der Waals surface area contributed by atoms with Crippen molar-refractivity contribution in [2.24, 2.45) is 0 Å². The lowest BCUT2D eigenvalue weighted by Crippen LogP contribution is -2.55. The number of carbonyl (C=O) groups excluding carboxylic acids is 3. The Labute approximate surface area is 214 Å². The Balaban J connectivity index is 2.12. The van der Waals surface area contributed by atoms with Crippen LogP contribution in [0.2, 0.25) is 18.1 Å². The van der Waals surface area contributed by atoms with Crippen molar-refractivity contribution in [3.63, 3.8) is 0 Å². The Hall–Kier alpha value is -3.17. The van der Waals surface area contributed by atoms with E-state index in [2.05, 4.69) is 44.5 Å². The maximum atomic E-state index is 13.3. The molecule has 0 heterocycles. The molecule has 2 aromatic carbocycles. The van der Waals surface area contributed by atoms with Crippen LogP contribution in [0.3, 0.4) is 0 Å². The number of rotatable bonds is 11. The summed E-state index contributed by atoms with van der Waals surface area (Å²) in [5.41, 5.74) is 1.67. The van der Waals surface area contributed by atoms with Gasteiger partial charge in [-0.25, -0.2) is 9.59 Å². The van der Waals surface area contributed by atoms with E-state index in [1.807, 2.05) is 60.7 Å². The molecule has 0 aliphatic heterocycles. The van der Waals surface area contributed by atoms with Crippen LogP contribution >= 0.6 is 0 Å². The molecule has 9 heteroatoms. The quantitative estimate of drug-likeness (QED) is 0.344. The number of methoxy groups -OCH3 is 1. The molecular weight excluding hydrogens is 476 g/mol. The number of amides is 2. The van der Waals surface area contributed by atoms with Gasteiger partial charge in [-0.3, -0.25) is 4.79 Å². The molecule has 8 nitrogen and oxygen atoms in total. The second kappa shape index (κ2) is 13.2.